The number of benzene rings is 4. The molecule has 0 aliphatic carbocycles. The van der Waals surface area contributed by atoms with Crippen LogP contribution in [0, 0.1) is 0 Å². The molecule has 0 fully saturated rings. The number of hydrogen-bond donors (Lipinski definition) is 2. The Morgan fingerprint density at radius 3 is 1.40 bits per heavy atom. The van der Waals surface area contributed by atoms with E-state index >= 15 is 0 Å². The first-order valence-corrected chi connectivity index (χ1v) is 31.6. The Hall–Kier alpha value is -3.27. The first-order chi connectivity index (χ1) is 22.8. The molecule has 48 heavy (non-hydrogen) atoms. The minimum absolute atomic E-state index is 0.511. The van der Waals surface area contributed by atoms with Gasteiger partial charge < -0.3 is 10.0 Å². The van der Waals surface area contributed by atoms with Crippen LogP contribution in [0.25, 0.3) is 33.5 Å². The Morgan fingerprint density at radius 1 is 0.479 bits per heavy atom. The number of rotatable bonds is 6. The van der Waals surface area contributed by atoms with E-state index in [1.807, 2.05) is 60.8 Å². The third kappa shape index (κ3) is 11.4. The third-order valence-electron chi connectivity index (χ3n) is 7.78. The Bertz CT molecular complexity index is 1860. The van der Waals surface area contributed by atoms with Gasteiger partial charge in [0.05, 0.1) is 0 Å². The van der Waals surface area contributed by atoms with Crippen molar-refractivity contribution < 1.29 is 10.0 Å². The summed E-state index contributed by atoms with van der Waals surface area (Å²) in [4.78, 5) is 8.91. The van der Waals surface area contributed by atoms with E-state index in [1.54, 1.807) is 12.1 Å². The van der Waals surface area contributed by atoms with Gasteiger partial charge >= 0.3 is 221 Å². The van der Waals surface area contributed by atoms with E-state index in [4.69, 9.17) is 15.0 Å². The van der Waals surface area contributed by atoms with E-state index in [1.165, 1.54) is 25.5 Å². The monoisotopic (exact) mass is 822 g/mol. The molecular weight excluding hydrogens is 776 g/mol. The fraction of sp³-hybridized carbons (Fsp3) is 0.150. The Morgan fingerprint density at radius 2 is 0.938 bits per heavy atom. The normalized spacial score (nSPS) is 11.0. The molecular formula is C40H44BBrGe2N2O2. The summed E-state index contributed by atoms with van der Waals surface area (Å²) in [5.74, 6) is 14.3. The van der Waals surface area contributed by atoms with Crippen molar-refractivity contribution in [3.8, 4) is 33.5 Å². The SMILES string of the molecule is OB(O)c1cccc(-c2ccccc2)c1.[CH3][Ge]([CH3])([CH3])[c]1ccc(-c2cccc(-c3ccccc3)c2)nc1.[CH3][Ge]([CH3])([CH3])[c]1ccc(Br)nc1. The van der Waals surface area contributed by atoms with Crippen molar-refractivity contribution in [1.29, 1.82) is 0 Å². The van der Waals surface area contributed by atoms with E-state index in [-0.39, 0.29) is 0 Å². The van der Waals surface area contributed by atoms with Crippen LogP contribution >= 0.6 is 15.9 Å². The number of pyridine rings is 2. The van der Waals surface area contributed by atoms with Crippen LogP contribution in [0.2, 0.25) is 34.5 Å². The van der Waals surface area contributed by atoms with Gasteiger partial charge in [-0.05, 0) is 16.6 Å². The number of halogens is 1. The van der Waals surface area contributed by atoms with E-state index in [0.29, 0.717) is 5.46 Å². The molecule has 0 saturated heterocycles. The molecule has 8 heteroatoms. The van der Waals surface area contributed by atoms with E-state index < -0.39 is 33.7 Å². The maximum atomic E-state index is 9.05. The standard InChI is InChI=1S/C20H21GeN.C12H11BO2.C8H12BrGeN/c1-21(2,3)19-12-13-20(22-15-19)18-11-7-10-17(14-18)16-8-5-4-6-9-16;14-13(15)12-8-4-7-11(9-12)10-5-2-1-3-6-10;1-10(2,3)7-4-5-8(9)11-6-7/h4-15H,1-3H3;1-9,14-15H;4-6H,1-3H3. The van der Waals surface area contributed by atoms with Crippen molar-refractivity contribution in [2.24, 2.45) is 0 Å². The van der Waals surface area contributed by atoms with Crippen molar-refractivity contribution in [1.82, 2.24) is 9.97 Å². The minimum atomic E-state index is -1.78. The maximum absolute atomic E-state index is 9.05. The molecule has 2 N–H and O–H groups in total. The van der Waals surface area contributed by atoms with E-state index in [9.17, 15) is 0 Å². The molecule has 0 saturated carbocycles. The topological polar surface area (TPSA) is 66.2 Å². The van der Waals surface area contributed by atoms with Crippen LogP contribution in [0.5, 0.6) is 0 Å². The van der Waals surface area contributed by atoms with Crippen LogP contribution in [0.4, 0.5) is 0 Å². The predicted molar refractivity (Wildman–Crippen MR) is 215 cm³/mol. The average Bonchev–Trinajstić information content (AvgIpc) is 3.09. The van der Waals surface area contributed by atoms with E-state index in [2.05, 4.69) is 128 Å². The second-order valence-corrected chi connectivity index (χ2v) is 35.7. The summed E-state index contributed by atoms with van der Waals surface area (Å²) in [7, 11) is -1.41. The molecule has 0 aliphatic rings. The Labute approximate surface area is 300 Å². The van der Waals surface area contributed by atoms with Crippen LogP contribution < -0.4 is 14.3 Å². The van der Waals surface area contributed by atoms with Crippen LogP contribution in [-0.4, -0.2) is 53.7 Å². The summed E-state index contributed by atoms with van der Waals surface area (Å²) >= 11 is -0.0674. The molecule has 2 heterocycles. The van der Waals surface area contributed by atoms with Crippen LogP contribution in [0.15, 0.2) is 150 Å². The van der Waals surface area contributed by atoms with Gasteiger partial charge in [-0.25, -0.2) is 0 Å². The van der Waals surface area contributed by atoms with Crippen LogP contribution in [0.3, 0.4) is 0 Å². The fourth-order valence-corrected chi connectivity index (χ4v) is 9.40. The quantitative estimate of drug-likeness (QED) is 0.131. The third-order valence-corrected chi connectivity index (χ3v) is 16.8. The molecule has 6 rings (SSSR count). The fourth-order valence-electron chi connectivity index (χ4n) is 4.83. The molecule has 0 bridgehead atoms. The molecule has 6 aromatic rings. The summed E-state index contributed by atoms with van der Waals surface area (Å²) in [6.45, 7) is 0. The zero-order valence-corrected chi connectivity index (χ0v) is 34.4. The molecule has 0 unspecified atom stereocenters. The molecule has 0 aliphatic heterocycles. The van der Waals surface area contributed by atoms with Crippen molar-refractivity contribution >= 4 is 63.8 Å². The summed E-state index contributed by atoms with van der Waals surface area (Å²) in [6.07, 6.45) is 4.06. The van der Waals surface area contributed by atoms with Crippen LogP contribution in [0.1, 0.15) is 0 Å². The van der Waals surface area contributed by atoms with Gasteiger partial charge in [-0.1, -0.05) is 54.6 Å². The second-order valence-electron chi connectivity index (χ2n) is 13.6. The zero-order chi connectivity index (χ0) is 34.7. The first kappa shape index (κ1) is 37.5. The zero-order valence-electron chi connectivity index (χ0n) is 28.6. The molecule has 244 valence electrons. The summed E-state index contributed by atoms with van der Waals surface area (Å²) < 4.78 is 3.82. The number of hydrogen-bond acceptors (Lipinski definition) is 4. The summed E-state index contributed by atoms with van der Waals surface area (Å²) in [5.41, 5.74) is 7.27. The van der Waals surface area contributed by atoms with Crippen molar-refractivity contribution in [3.05, 3.63) is 150 Å². The molecule has 0 radical (unpaired) electrons. The molecule has 2 aromatic heterocycles. The Balaban J connectivity index is 0.000000174. The van der Waals surface area contributed by atoms with Gasteiger partial charge in [0.25, 0.3) is 0 Å². The molecule has 0 amide bonds. The predicted octanol–water partition coefficient (Wildman–Crippen LogP) is 8.38. The van der Waals surface area contributed by atoms with Crippen molar-refractivity contribution in [2.75, 3.05) is 0 Å². The molecule has 4 aromatic carbocycles. The van der Waals surface area contributed by atoms with Gasteiger partial charge in [-0.3, -0.25) is 0 Å². The Kier molecular flexibility index (Phi) is 13.6. The molecule has 0 spiro atoms. The van der Waals surface area contributed by atoms with Gasteiger partial charge in [0.1, 0.15) is 0 Å². The molecule has 0 atom stereocenters. The number of nitrogens with zero attached hydrogens (tertiary/aromatic N) is 2. The average molecular weight is 821 g/mol. The van der Waals surface area contributed by atoms with Gasteiger partial charge in [-0.15, -0.1) is 0 Å². The van der Waals surface area contributed by atoms with Gasteiger partial charge in [-0.2, -0.15) is 0 Å². The van der Waals surface area contributed by atoms with Crippen molar-refractivity contribution in [3.63, 3.8) is 0 Å². The van der Waals surface area contributed by atoms with Gasteiger partial charge in [0.15, 0.2) is 0 Å². The number of aromatic nitrogens is 2. The first-order valence-electron chi connectivity index (χ1n) is 16.1. The van der Waals surface area contributed by atoms with E-state index in [0.717, 1.165) is 21.4 Å². The van der Waals surface area contributed by atoms with Crippen molar-refractivity contribution in [2.45, 2.75) is 34.5 Å². The van der Waals surface area contributed by atoms with Gasteiger partial charge in [0.2, 0.25) is 0 Å². The van der Waals surface area contributed by atoms with Crippen LogP contribution in [-0.2, 0) is 0 Å². The molecule has 4 nitrogen and oxygen atoms in total. The second kappa shape index (κ2) is 17.4. The summed E-state index contributed by atoms with van der Waals surface area (Å²) in [6, 6.07) is 44.8. The summed E-state index contributed by atoms with van der Waals surface area (Å²) in [5, 5.41) is 18.1. The van der Waals surface area contributed by atoms with Gasteiger partial charge in [0, 0.05) is 0 Å².